The zero-order valence-electron chi connectivity index (χ0n) is 13.3. The van der Waals surface area contributed by atoms with Crippen LogP contribution in [0.1, 0.15) is 29.5 Å². The molecule has 0 aliphatic carbocycles. The first-order chi connectivity index (χ1) is 11.7. The van der Waals surface area contributed by atoms with Crippen LogP contribution in [0.15, 0.2) is 12.1 Å². The number of nitrogens with zero attached hydrogens (tertiary/aromatic N) is 2. The van der Waals surface area contributed by atoms with E-state index in [1.54, 1.807) is 0 Å². The Hall–Kier alpha value is -2.09. The van der Waals surface area contributed by atoms with Crippen molar-refractivity contribution >= 4 is 30.2 Å². The van der Waals surface area contributed by atoms with E-state index in [1.807, 2.05) is 0 Å². The molecule has 1 aliphatic heterocycles. The summed E-state index contributed by atoms with van der Waals surface area (Å²) in [4.78, 5) is 36.4. The summed E-state index contributed by atoms with van der Waals surface area (Å²) in [5, 5.41) is -0.394. The van der Waals surface area contributed by atoms with Crippen LogP contribution in [0.2, 0.25) is 5.02 Å². The summed E-state index contributed by atoms with van der Waals surface area (Å²) < 4.78 is 38.7. The zero-order valence-corrected chi connectivity index (χ0v) is 14.1. The second kappa shape index (κ2) is 7.43. The molecule has 25 heavy (non-hydrogen) atoms. The molecule has 0 saturated carbocycles. The van der Waals surface area contributed by atoms with Crippen LogP contribution >= 0.6 is 11.6 Å². The topological polar surface area (TPSA) is 57.7 Å². The van der Waals surface area contributed by atoms with Crippen LogP contribution in [-0.2, 0) is 33.6 Å². The fourth-order valence-corrected chi connectivity index (χ4v) is 2.98. The molecule has 0 fully saturated rings. The maximum absolute atomic E-state index is 12.9. The zero-order chi connectivity index (χ0) is 18.8. The lowest BCUT2D eigenvalue weighted by Crippen LogP contribution is -2.34. The molecule has 136 valence electrons. The number of hydrogen-bond acceptors (Lipinski definition) is 3. The van der Waals surface area contributed by atoms with E-state index in [4.69, 9.17) is 11.6 Å². The van der Waals surface area contributed by atoms with Gasteiger partial charge in [-0.3, -0.25) is 9.59 Å². The number of aldehydes is 1. The van der Waals surface area contributed by atoms with E-state index in [0.29, 0.717) is 23.8 Å². The van der Waals surface area contributed by atoms with Gasteiger partial charge >= 0.3 is 6.18 Å². The maximum Gasteiger partial charge on any atom is 0.417 e. The SMILES string of the molecule is CN(C=O)C(C=O)CCC(=O)N1Cc2cc(Cl)c(C(F)(F)F)cc2C1. The summed E-state index contributed by atoms with van der Waals surface area (Å²) >= 11 is 5.69. The first-order valence-electron chi connectivity index (χ1n) is 7.46. The average molecular weight is 377 g/mol. The normalized spacial score (nSPS) is 14.8. The van der Waals surface area contributed by atoms with E-state index in [0.717, 1.165) is 11.0 Å². The standard InChI is InChI=1S/C16H16ClF3N2O3/c1-21(9-24)12(8-23)2-3-15(25)22-6-10-4-13(16(18,19)20)14(17)5-11(10)7-22/h4-5,8-9,12H,2-3,6-7H2,1H3. The van der Waals surface area contributed by atoms with Crippen LogP contribution in [0, 0.1) is 0 Å². The van der Waals surface area contributed by atoms with E-state index in [1.165, 1.54) is 18.0 Å². The van der Waals surface area contributed by atoms with Crippen molar-refractivity contribution in [2.45, 2.75) is 38.1 Å². The molecule has 0 aromatic heterocycles. The molecule has 1 aromatic carbocycles. The van der Waals surface area contributed by atoms with E-state index in [-0.39, 0.29) is 31.8 Å². The van der Waals surface area contributed by atoms with E-state index >= 15 is 0 Å². The van der Waals surface area contributed by atoms with Crippen molar-refractivity contribution in [1.29, 1.82) is 0 Å². The van der Waals surface area contributed by atoms with Crippen molar-refractivity contribution in [3.63, 3.8) is 0 Å². The van der Waals surface area contributed by atoms with Gasteiger partial charge in [0.25, 0.3) is 0 Å². The van der Waals surface area contributed by atoms with E-state index < -0.39 is 22.8 Å². The molecule has 0 saturated heterocycles. The van der Waals surface area contributed by atoms with Crippen molar-refractivity contribution in [1.82, 2.24) is 9.80 Å². The molecule has 1 aromatic rings. The lowest BCUT2D eigenvalue weighted by molar-refractivity contribution is -0.137. The number of halogens is 4. The molecular weight excluding hydrogens is 361 g/mol. The molecule has 5 nitrogen and oxygen atoms in total. The number of alkyl halides is 3. The predicted molar refractivity (Wildman–Crippen MR) is 83.6 cm³/mol. The third-order valence-electron chi connectivity index (χ3n) is 4.17. The first-order valence-corrected chi connectivity index (χ1v) is 7.84. The van der Waals surface area contributed by atoms with Crippen LogP contribution in [-0.4, -0.2) is 41.5 Å². The van der Waals surface area contributed by atoms with Gasteiger partial charge in [0.05, 0.1) is 16.6 Å². The molecule has 1 atom stereocenters. The second-order valence-electron chi connectivity index (χ2n) is 5.86. The lowest BCUT2D eigenvalue weighted by atomic mass is 10.1. The van der Waals surface area contributed by atoms with Gasteiger partial charge in [-0.2, -0.15) is 13.2 Å². The van der Waals surface area contributed by atoms with Gasteiger partial charge in [0.1, 0.15) is 6.29 Å². The van der Waals surface area contributed by atoms with Gasteiger partial charge in [0.2, 0.25) is 12.3 Å². The summed E-state index contributed by atoms with van der Waals surface area (Å²) in [7, 11) is 1.43. The number of hydrogen-bond donors (Lipinski definition) is 0. The Kier molecular flexibility index (Phi) is 5.72. The molecule has 1 heterocycles. The highest BCUT2D eigenvalue weighted by molar-refractivity contribution is 6.31. The van der Waals surface area contributed by atoms with Gasteiger partial charge in [0, 0.05) is 26.6 Å². The smallest absolute Gasteiger partial charge is 0.339 e. The number of benzene rings is 1. The first kappa shape index (κ1) is 19.2. The molecule has 0 bridgehead atoms. The monoisotopic (exact) mass is 376 g/mol. The Balaban J connectivity index is 2.05. The number of rotatable bonds is 6. The highest BCUT2D eigenvalue weighted by atomic mass is 35.5. The van der Waals surface area contributed by atoms with Gasteiger partial charge in [-0.25, -0.2) is 0 Å². The summed E-state index contributed by atoms with van der Waals surface area (Å²) in [5.41, 5.74) is 0.0566. The Morgan fingerprint density at radius 1 is 1.32 bits per heavy atom. The molecule has 0 spiro atoms. The van der Waals surface area contributed by atoms with Crippen molar-refractivity contribution in [3.8, 4) is 0 Å². The van der Waals surface area contributed by atoms with Crippen LogP contribution in [0.3, 0.4) is 0 Å². The molecule has 9 heteroatoms. The van der Waals surface area contributed by atoms with Gasteiger partial charge in [-0.15, -0.1) is 0 Å². The fourth-order valence-electron chi connectivity index (χ4n) is 2.69. The molecule has 0 radical (unpaired) electrons. The van der Waals surface area contributed by atoms with Crippen molar-refractivity contribution in [3.05, 3.63) is 33.8 Å². The second-order valence-corrected chi connectivity index (χ2v) is 6.27. The Morgan fingerprint density at radius 2 is 1.92 bits per heavy atom. The summed E-state index contributed by atoms with van der Waals surface area (Å²) in [6, 6.07) is 1.50. The maximum atomic E-state index is 12.9. The minimum Gasteiger partial charge on any atom is -0.339 e. The minimum absolute atomic E-state index is 0.00936. The largest absolute Gasteiger partial charge is 0.417 e. The number of fused-ring (bicyclic) bond motifs is 1. The van der Waals surface area contributed by atoms with Gasteiger partial charge in [-0.1, -0.05) is 11.6 Å². The highest BCUT2D eigenvalue weighted by Gasteiger charge is 2.35. The fraction of sp³-hybridized carbons (Fsp3) is 0.438. The van der Waals surface area contributed by atoms with Crippen LogP contribution in [0.4, 0.5) is 13.2 Å². The van der Waals surface area contributed by atoms with Gasteiger partial charge < -0.3 is 14.6 Å². The molecule has 2 amide bonds. The highest BCUT2D eigenvalue weighted by Crippen LogP contribution is 2.38. The van der Waals surface area contributed by atoms with Crippen LogP contribution in [0.5, 0.6) is 0 Å². The lowest BCUT2D eigenvalue weighted by Gasteiger charge is -2.20. The quantitative estimate of drug-likeness (QED) is 0.717. The Morgan fingerprint density at radius 3 is 2.44 bits per heavy atom. The Bertz CT molecular complexity index is 694. The molecule has 1 unspecified atom stereocenters. The molecule has 1 aliphatic rings. The van der Waals surface area contributed by atoms with Gasteiger partial charge in [-0.05, 0) is 29.7 Å². The summed E-state index contributed by atoms with van der Waals surface area (Å²) in [6.07, 6.45) is -3.32. The third-order valence-corrected chi connectivity index (χ3v) is 4.48. The number of carbonyl (C=O) groups excluding carboxylic acids is 3. The van der Waals surface area contributed by atoms with E-state index in [9.17, 15) is 27.6 Å². The number of amides is 2. The predicted octanol–water partition coefficient (Wildman–Crippen LogP) is 2.64. The number of likely N-dealkylation sites (N-methyl/N-ethyl adjacent to an activating group) is 1. The minimum atomic E-state index is -4.56. The van der Waals surface area contributed by atoms with Crippen molar-refractivity contribution in [2.24, 2.45) is 0 Å². The number of carbonyl (C=O) groups is 3. The van der Waals surface area contributed by atoms with Crippen molar-refractivity contribution < 1.29 is 27.6 Å². The average Bonchev–Trinajstić information content (AvgIpc) is 2.96. The molecular formula is C16H16ClF3N2O3. The Labute approximate surface area is 147 Å². The van der Waals surface area contributed by atoms with Gasteiger partial charge in [0.15, 0.2) is 0 Å². The molecule has 0 N–H and O–H groups in total. The van der Waals surface area contributed by atoms with Crippen LogP contribution in [0.25, 0.3) is 0 Å². The van der Waals surface area contributed by atoms with Crippen LogP contribution < -0.4 is 0 Å². The van der Waals surface area contributed by atoms with E-state index in [2.05, 4.69) is 0 Å². The summed E-state index contributed by atoms with van der Waals surface area (Å²) in [5.74, 6) is -0.299. The third kappa shape index (κ3) is 4.31. The summed E-state index contributed by atoms with van der Waals surface area (Å²) in [6.45, 7) is 0.227. The molecule has 2 rings (SSSR count). The van der Waals surface area contributed by atoms with Crippen molar-refractivity contribution in [2.75, 3.05) is 7.05 Å².